The maximum atomic E-state index is 12.0. The second kappa shape index (κ2) is 7.61. The molecule has 3 rings (SSSR count). The number of thiazole rings is 1. The fraction of sp³-hybridized carbons (Fsp3) is 0.316. The molecule has 0 radical (unpaired) electrons. The van der Waals surface area contributed by atoms with Gasteiger partial charge in [-0.3, -0.25) is 4.79 Å². The highest BCUT2D eigenvalue weighted by Crippen LogP contribution is 2.37. The predicted octanol–water partition coefficient (Wildman–Crippen LogP) is 4.44. The molecule has 5 nitrogen and oxygen atoms in total. The molecule has 0 unspecified atom stereocenters. The lowest BCUT2D eigenvalue weighted by Gasteiger charge is -2.09. The maximum Gasteiger partial charge on any atom is 0.267 e. The standard InChI is InChI=1S/C19H22N4OS/c1-4-12-20-19-21-17(14-8-6-5-7-9-14)18(25-19)15-10-11-16(24)23(22-15)13(2)3/h5-11,13H,4,12H2,1-3H3,(H,20,21). The number of hydrogen-bond acceptors (Lipinski definition) is 5. The second-order valence-corrected chi connectivity index (χ2v) is 7.08. The van der Waals surface area contributed by atoms with Crippen LogP contribution in [-0.2, 0) is 0 Å². The smallest absolute Gasteiger partial charge is 0.267 e. The molecule has 0 aliphatic rings. The van der Waals surface area contributed by atoms with Crippen LogP contribution in [0, 0.1) is 0 Å². The van der Waals surface area contributed by atoms with Gasteiger partial charge in [0.15, 0.2) is 5.13 Å². The van der Waals surface area contributed by atoms with E-state index in [0.29, 0.717) is 0 Å². The first-order valence-electron chi connectivity index (χ1n) is 8.50. The van der Waals surface area contributed by atoms with Gasteiger partial charge in [0.2, 0.25) is 0 Å². The summed E-state index contributed by atoms with van der Waals surface area (Å²) in [5, 5.41) is 8.80. The number of nitrogens with one attached hydrogen (secondary N) is 1. The van der Waals surface area contributed by atoms with E-state index in [1.807, 2.05) is 44.2 Å². The van der Waals surface area contributed by atoms with E-state index in [4.69, 9.17) is 4.98 Å². The number of benzene rings is 1. The minimum absolute atomic E-state index is 0.0123. The van der Waals surface area contributed by atoms with E-state index >= 15 is 0 Å². The molecule has 25 heavy (non-hydrogen) atoms. The topological polar surface area (TPSA) is 59.8 Å². The fourth-order valence-corrected chi connectivity index (χ4v) is 3.49. The molecule has 2 heterocycles. The van der Waals surface area contributed by atoms with Crippen LogP contribution in [-0.4, -0.2) is 21.3 Å². The van der Waals surface area contributed by atoms with Gasteiger partial charge in [-0.05, 0) is 26.3 Å². The molecule has 0 spiro atoms. The van der Waals surface area contributed by atoms with E-state index in [1.54, 1.807) is 23.5 Å². The summed E-state index contributed by atoms with van der Waals surface area (Å²) in [7, 11) is 0. The van der Waals surface area contributed by atoms with Gasteiger partial charge in [0.05, 0.1) is 16.6 Å². The second-order valence-electron chi connectivity index (χ2n) is 6.08. The zero-order chi connectivity index (χ0) is 17.8. The molecule has 0 fully saturated rings. The Morgan fingerprint density at radius 1 is 1.16 bits per heavy atom. The summed E-state index contributed by atoms with van der Waals surface area (Å²) < 4.78 is 1.52. The van der Waals surface area contributed by atoms with E-state index in [-0.39, 0.29) is 11.6 Å². The Hall–Kier alpha value is -2.47. The first-order valence-corrected chi connectivity index (χ1v) is 9.32. The zero-order valence-corrected chi connectivity index (χ0v) is 15.5. The van der Waals surface area contributed by atoms with Crippen LogP contribution < -0.4 is 10.9 Å². The molecule has 0 aliphatic carbocycles. The third kappa shape index (κ3) is 3.79. The number of anilines is 1. The summed E-state index contributed by atoms with van der Waals surface area (Å²) in [6.07, 6.45) is 1.03. The van der Waals surface area contributed by atoms with Crippen LogP contribution in [0.4, 0.5) is 5.13 Å². The van der Waals surface area contributed by atoms with Crippen LogP contribution in [0.3, 0.4) is 0 Å². The summed E-state index contributed by atoms with van der Waals surface area (Å²) in [5.74, 6) is 0. The van der Waals surface area contributed by atoms with Crippen LogP contribution in [0.15, 0.2) is 47.3 Å². The van der Waals surface area contributed by atoms with Gasteiger partial charge in [0.1, 0.15) is 5.69 Å². The lowest BCUT2D eigenvalue weighted by atomic mass is 10.1. The highest BCUT2D eigenvalue weighted by Gasteiger charge is 2.17. The Balaban J connectivity index is 2.12. The van der Waals surface area contributed by atoms with Crippen molar-refractivity contribution in [3.05, 3.63) is 52.8 Å². The number of hydrogen-bond donors (Lipinski definition) is 1. The summed E-state index contributed by atoms with van der Waals surface area (Å²) >= 11 is 1.57. The average Bonchev–Trinajstić information content (AvgIpc) is 3.05. The Kier molecular flexibility index (Phi) is 5.28. The summed E-state index contributed by atoms with van der Waals surface area (Å²) in [5.41, 5.74) is 2.62. The predicted molar refractivity (Wildman–Crippen MR) is 104 cm³/mol. The highest BCUT2D eigenvalue weighted by atomic mass is 32.1. The van der Waals surface area contributed by atoms with Gasteiger partial charge in [0, 0.05) is 18.2 Å². The van der Waals surface area contributed by atoms with E-state index < -0.39 is 0 Å². The molecule has 0 aliphatic heterocycles. The van der Waals surface area contributed by atoms with E-state index in [0.717, 1.165) is 39.9 Å². The third-order valence-corrected chi connectivity index (χ3v) is 4.78. The van der Waals surface area contributed by atoms with Crippen molar-refractivity contribution in [1.82, 2.24) is 14.8 Å². The first kappa shape index (κ1) is 17.4. The van der Waals surface area contributed by atoms with Gasteiger partial charge in [0.25, 0.3) is 5.56 Å². The molecule has 0 saturated heterocycles. The Morgan fingerprint density at radius 2 is 1.92 bits per heavy atom. The Morgan fingerprint density at radius 3 is 2.60 bits per heavy atom. The molecule has 1 N–H and O–H groups in total. The Labute approximate surface area is 151 Å². The van der Waals surface area contributed by atoms with Crippen molar-refractivity contribution in [2.45, 2.75) is 33.2 Å². The van der Waals surface area contributed by atoms with Gasteiger partial charge in [-0.1, -0.05) is 48.6 Å². The molecule has 0 atom stereocenters. The van der Waals surface area contributed by atoms with Gasteiger partial charge in [-0.15, -0.1) is 0 Å². The fourth-order valence-electron chi connectivity index (χ4n) is 2.51. The van der Waals surface area contributed by atoms with Crippen LogP contribution in [0.25, 0.3) is 21.8 Å². The number of nitrogens with zero attached hydrogens (tertiary/aromatic N) is 3. The molecule has 3 aromatic rings. The lowest BCUT2D eigenvalue weighted by Crippen LogP contribution is -2.23. The van der Waals surface area contributed by atoms with Crippen LogP contribution in [0.2, 0.25) is 0 Å². The van der Waals surface area contributed by atoms with E-state index in [1.165, 1.54) is 4.68 Å². The minimum Gasteiger partial charge on any atom is -0.361 e. The van der Waals surface area contributed by atoms with Crippen LogP contribution in [0.5, 0.6) is 0 Å². The summed E-state index contributed by atoms with van der Waals surface area (Å²) in [6, 6.07) is 13.4. The van der Waals surface area contributed by atoms with Crippen molar-refractivity contribution in [2.24, 2.45) is 0 Å². The van der Waals surface area contributed by atoms with Gasteiger partial charge < -0.3 is 5.32 Å². The minimum atomic E-state index is -0.0890. The molecule has 2 aromatic heterocycles. The maximum absolute atomic E-state index is 12.0. The van der Waals surface area contributed by atoms with E-state index in [9.17, 15) is 4.79 Å². The zero-order valence-electron chi connectivity index (χ0n) is 14.7. The summed E-state index contributed by atoms with van der Waals surface area (Å²) in [6.45, 7) is 6.91. The Bertz CT molecular complexity index is 899. The van der Waals surface area contributed by atoms with Crippen molar-refractivity contribution in [1.29, 1.82) is 0 Å². The van der Waals surface area contributed by atoms with Crippen LogP contribution >= 0.6 is 11.3 Å². The molecule has 130 valence electrons. The largest absolute Gasteiger partial charge is 0.361 e. The van der Waals surface area contributed by atoms with Gasteiger partial charge in [-0.2, -0.15) is 5.10 Å². The average molecular weight is 354 g/mol. The molecule has 1 aromatic carbocycles. The normalized spacial score (nSPS) is 11.0. The van der Waals surface area contributed by atoms with Crippen molar-refractivity contribution in [3.63, 3.8) is 0 Å². The first-order chi connectivity index (χ1) is 12.1. The van der Waals surface area contributed by atoms with Crippen molar-refractivity contribution < 1.29 is 0 Å². The third-order valence-electron chi connectivity index (χ3n) is 3.75. The molecule has 0 saturated carbocycles. The molecule has 0 bridgehead atoms. The quantitative estimate of drug-likeness (QED) is 0.711. The molecular weight excluding hydrogens is 332 g/mol. The van der Waals surface area contributed by atoms with Crippen LogP contribution in [0.1, 0.15) is 33.2 Å². The lowest BCUT2D eigenvalue weighted by molar-refractivity contribution is 0.505. The van der Waals surface area contributed by atoms with Crippen molar-refractivity contribution in [3.8, 4) is 21.8 Å². The molecule has 6 heteroatoms. The highest BCUT2D eigenvalue weighted by molar-refractivity contribution is 7.19. The monoisotopic (exact) mass is 354 g/mol. The number of rotatable bonds is 6. The molecule has 0 amide bonds. The van der Waals surface area contributed by atoms with Gasteiger partial charge >= 0.3 is 0 Å². The molecular formula is C19H22N4OS. The van der Waals surface area contributed by atoms with Crippen molar-refractivity contribution >= 4 is 16.5 Å². The summed E-state index contributed by atoms with van der Waals surface area (Å²) in [4.78, 5) is 17.8. The van der Waals surface area contributed by atoms with E-state index in [2.05, 4.69) is 17.3 Å². The van der Waals surface area contributed by atoms with Crippen molar-refractivity contribution in [2.75, 3.05) is 11.9 Å². The SMILES string of the molecule is CCCNc1nc(-c2ccccc2)c(-c2ccc(=O)n(C(C)C)n2)s1. The number of aromatic nitrogens is 3. The van der Waals surface area contributed by atoms with Gasteiger partial charge in [-0.25, -0.2) is 9.67 Å².